The van der Waals surface area contributed by atoms with Crippen molar-refractivity contribution in [3.8, 4) is 0 Å². The van der Waals surface area contributed by atoms with Gasteiger partial charge in [-0.2, -0.15) is 4.98 Å². The molecule has 1 aliphatic rings. The monoisotopic (exact) mass is 443 g/mol. The third kappa shape index (κ3) is 4.13. The second-order valence-electron chi connectivity index (χ2n) is 7.09. The Kier molecular flexibility index (Phi) is 5.68. The van der Waals surface area contributed by atoms with E-state index in [1.54, 1.807) is 6.92 Å². The fourth-order valence-corrected chi connectivity index (χ4v) is 4.82. The van der Waals surface area contributed by atoms with E-state index < -0.39 is 24.5 Å². The number of hydrogen-bond acceptors (Lipinski definition) is 9. The van der Waals surface area contributed by atoms with Crippen LogP contribution in [0.1, 0.15) is 56.1 Å². The van der Waals surface area contributed by atoms with E-state index in [1.807, 2.05) is 19.9 Å². The number of nitrogens with zero attached hydrogens (tertiary/aromatic N) is 4. The van der Waals surface area contributed by atoms with E-state index in [2.05, 4.69) is 20.4 Å². The molecular weight excluding hydrogens is 422 g/mol. The zero-order chi connectivity index (χ0) is 22.1. The molecule has 0 aromatic carbocycles. The molecule has 4 rings (SSSR count). The first kappa shape index (κ1) is 20.9. The number of hydrogen-bond donors (Lipinski definition) is 1. The van der Waals surface area contributed by atoms with Gasteiger partial charge < -0.3 is 14.8 Å². The Morgan fingerprint density at radius 1 is 1.16 bits per heavy atom. The molecule has 1 N–H and O–H groups in total. The summed E-state index contributed by atoms with van der Waals surface area (Å²) in [7, 11) is 0. The summed E-state index contributed by atoms with van der Waals surface area (Å²) in [6.45, 7) is 5.07. The SMILES string of the molecule is CCOC(=O)c1c(NC(=O)COC(=O)c2nc3nc(C)cc(C)n3n2)sc2c1CCC2. The highest BCUT2D eigenvalue weighted by Gasteiger charge is 2.28. The molecule has 0 unspecified atom stereocenters. The number of carbonyl (C=O) groups is 3. The highest BCUT2D eigenvalue weighted by molar-refractivity contribution is 7.17. The maximum atomic E-state index is 12.4. The molecule has 3 aromatic heterocycles. The molecule has 3 heterocycles. The summed E-state index contributed by atoms with van der Waals surface area (Å²) in [5, 5.41) is 7.18. The first-order chi connectivity index (χ1) is 14.9. The van der Waals surface area contributed by atoms with Crippen LogP contribution in [-0.2, 0) is 27.1 Å². The van der Waals surface area contributed by atoms with Gasteiger partial charge in [-0.3, -0.25) is 4.79 Å². The van der Waals surface area contributed by atoms with Crippen LogP contribution in [0.4, 0.5) is 5.00 Å². The van der Waals surface area contributed by atoms with Gasteiger partial charge in [0.25, 0.3) is 17.5 Å². The number of rotatable bonds is 6. The van der Waals surface area contributed by atoms with Crippen molar-refractivity contribution in [3.05, 3.63) is 39.3 Å². The largest absolute Gasteiger partial charge is 0.462 e. The summed E-state index contributed by atoms with van der Waals surface area (Å²) in [6.07, 6.45) is 2.61. The van der Waals surface area contributed by atoms with Crippen LogP contribution in [0, 0.1) is 13.8 Å². The van der Waals surface area contributed by atoms with Crippen LogP contribution in [0.3, 0.4) is 0 Å². The Morgan fingerprint density at radius 3 is 2.74 bits per heavy atom. The number of carbonyl (C=O) groups excluding carboxylic acids is 3. The Labute approximate surface area is 181 Å². The molecule has 0 radical (unpaired) electrons. The fraction of sp³-hybridized carbons (Fsp3) is 0.400. The third-order valence-electron chi connectivity index (χ3n) is 4.79. The molecule has 0 spiro atoms. The van der Waals surface area contributed by atoms with Crippen molar-refractivity contribution >= 4 is 40.0 Å². The van der Waals surface area contributed by atoms with Crippen molar-refractivity contribution in [3.63, 3.8) is 0 Å². The second kappa shape index (κ2) is 8.42. The van der Waals surface area contributed by atoms with Gasteiger partial charge >= 0.3 is 11.9 Å². The maximum absolute atomic E-state index is 12.4. The number of anilines is 1. The number of aromatic nitrogens is 4. The van der Waals surface area contributed by atoms with Crippen LogP contribution in [0.5, 0.6) is 0 Å². The molecule has 1 amide bonds. The number of fused-ring (bicyclic) bond motifs is 2. The lowest BCUT2D eigenvalue weighted by Gasteiger charge is -2.08. The normalized spacial score (nSPS) is 12.6. The first-order valence-corrected chi connectivity index (χ1v) is 10.7. The van der Waals surface area contributed by atoms with E-state index in [4.69, 9.17) is 9.47 Å². The van der Waals surface area contributed by atoms with Gasteiger partial charge in [-0.05, 0) is 51.7 Å². The third-order valence-corrected chi connectivity index (χ3v) is 6.00. The van der Waals surface area contributed by atoms with Crippen molar-refractivity contribution in [2.75, 3.05) is 18.5 Å². The summed E-state index contributed by atoms with van der Waals surface area (Å²) in [5.41, 5.74) is 2.85. The minimum atomic E-state index is -0.836. The predicted octanol–water partition coefficient (Wildman–Crippen LogP) is 2.26. The van der Waals surface area contributed by atoms with Gasteiger partial charge in [0.1, 0.15) is 5.00 Å². The molecule has 0 saturated carbocycles. The highest BCUT2D eigenvalue weighted by atomic mass is 32.1. The average molecular weight is 443 g/mol. The number of esters is 2. The van der Waals surface area contributed by atoms with E-state index in [1.165, 1.54) is 15.9 Å². The Balaban J connectivity index is 1.44. The first-order valence-electron chi connectivity index (χ1n) is 9.87. The Hall–Kier alpha value is -3.34. The molecule has 0 bridgehead atoms. The predicted molar refractivity (Wildman–Crippen MR) is 111 cm³/mol. The van der Waals surface area contributed by atoms with Crippen LogP contribution in [0.15, 0.2) is 6.07 Å². The molecule has 3 aromatic rings. The Morgan fingerprint density at radius 2 is 1.97 bits per heavy atom. The van der Waals surface area contributed by atoms with Crippen LogP contribution >= 0.6 is 11.3 Å². The number of aryl methyl sites for hydroxylation is 3. The van der Waals surface area contributed by atoms with Crippen molar-refractivity contribution in [1.82, 2.24) is 19.6 Å². The summed E-state index contributed by atoms with van der Waals surface area (Å²) in [5.74, 6) is -1.76. The molecule has 31 heavy (non-hydrogen) atoms. The summed E-state index contributed by atoms with van der Waals surface area (Å²) in [4.78, 5) is 46.4. The van der Waals surface area contributed by atoms with Crippen molar-refractivity contribution in [1.29, 1.82) is 0 Å². The molecule has 0 aliphatic heterocycles. The average Bonchev–Trinajstić information content (AvgIpc) is 3.40. The van der Waals surface area contributed by atoms with E-state index in [0.717, 1.165) is 41.1 Å². The quantitative estimate of drug-likeness (QED) is 0.575. The number of amides is 1. The highest BCUT2D eigenvalue weighted by Crippen LogP contribution is 2.39. The number of nitrogens with one attached hydrogen (secondary N) is 1. The molecule has 0 atom stereocenters. The lowest BCUT2D eigenvalue weighted by molar-refractivity contribution is -0.119. The van der Waals surface area contributed by atoms with Crippen molar-refractivity contribution < 1.29 is 23.9 Å². The van der Waals surface area contributed by atoms with Crippen LogP contribution in [0.25, 0.3) is 5.78 Å². The van der Waals surface area contributed by atoms with Gasteiger partial charge in [-0.25, -0.2) is 19.1 Å². The molecule has 11 heteroatoms. The standard InChI is InChI=1S/C20H21N5O5S/c1-4-29-18(27)15-12-6-5-7-13(12)31-17(15)22-14(26)9-30-19(28)16-23-20-21-10(2)8-11(3)25(20)24-16/h8H,4-7,9H2,1-3H3,(H,22,26). The lowest BCUT2D eigenvalue weighted by Crippen LogP contribution is -2.22. The number of ether oxygens (including phenoxy) is 2. The molecule has 162 valence electrons. The fourth-order valence-electron chi connectivity index (χ4n) is 3.52. The molecule has 10 nitrogen and oxygen atoms in total. The van der Waals surface area contributed by atoms with Crippen LogP contribution in [0.2, 0.25) is 0 Å². The molecule has 1 aliphatic carbocycles. The second-order valence-corrected chi connectivity index (χ2v) is 8.20. The van der Waals surface area contributed by atoms with Gasteiger partial charge in [0.15, 0.2) is 6.61 Å². The van der Waals surface area contributed by atoms with E-state index in [9.17, 15) is 14.4 Å². The smallest absolute Gasteiger partial charge is 0.378 e. The van der Waals surface area contributed by atoms with Gasteiger partial charge in [0, 0.05) is 16.3 Å². The zero-order valence-corrected chi connectivity index (χ0v) is 18.2. The minimum Gasteiger partial charge on any atom is -0.462 e. The zero-order valence-electron chi connectivity index (χ0n) is 17.4. The van der Waals surface area contributed by atoms with E-state index >= 15 is 0 Å². The van der Waals surface area contributed by atoms with Crippen molar-refractivity contribution in [2.24, 2.45) is 0 Å². The van der Waals surface area contributed by atoms with Crippen LogP contribution < -0.4 is 5.32 Å². The lowest BCUT2D eigenvalue weighted by atomic mass is 10.1. The van der Waals surface area contributed by atoms with Crippen molar-refractivity contribution in [2.45, 2.75) is 40.0 Å². The Bertz CT molecular complexity index is 1200. The summed E-state index contributed by atoms with van der Waals surface area (Å²) >= 11 is 1.36. The summed E-state index contributed by atoms with van der Waals surface area (Å²) in [6, 6.07) is 1.81. The van der Waals surface area contributed by atoms with Gasteiger partial charge in [-0.1, -0.05) is 0 Å². The van der Waals surface area contributed by atoms with E-state index in [-0.39, 0.29) is 18.2 Å². The van der Waals surface area contributed by atoms with Gasteiger partial charge in [-0.15, -0.1) is 16.4 Å². The molecular formula is C20H21N5O5S. The molecule has 0 fully saturated rings. The van der Waals surface area contributed by atoms with Gasteiger partial charge in [0.2, 0.25) is 0 Å². The maximum Gasteiger partial charge on any atom is 0.378 e. The minimum absolute atomic E-state index is 0.184. The molecule has 0 saturated heterocycles. The number of thiophene rings is 1. The topological polar surface area (TPSA) is 125 Å². The van der Waals surface area contributed by atoms with Gasteiger partial charge in [0.05, 0.1) is 12.2 Å². The van der Waals surface area contributed by atoms with E-state index in [0.29, 0.717) is 10.6 Å². The summed E-state index contributed by atoms with van der Waals surface area (Å²) < 4.78 is 11.6. The van der Waals surface area contributed by atoms with Crippen LogP contribution in [-0.4, -0.2) is 50.6 Å².